The van der Waals surface area contributed by atoms with Gasteiger partial charge in [-0.1, -0.05) is 0 Å². The molecule has 0 unspecified atom stereocenters. The maximum absolute atomic E-state index is 4.77. The molecule has 126 valence electrons. The summed E-state index contributed by atoms with van der Waals surface area (Å²) in [5, 5.41) is 0. The highest BCUT2D eigenvalue weighted by Gasteiger charge is 2.28. The summed E-state index contributed by atoms with van der Waals surface area (Å²) in [4.78, 5) is 22.7. The van der Waals surface area contributed by atoms with E-state index in [0.29, 0.717) is 12.0 Å². The Morgan fingerprint density at radius 3 is 2.42 bits per heavy atom. The highest BCUT2D eigenvalue weighted by Crippen LogP contribution is 2.38. The lowest BCUT2D eigenvalue weighted by molar-refractivity contribution is 0.475. The Bertz CT molecular complexity index is 689. The fourth-order valence-electron chi connectivity index (χ4n) is 3.29. The fourth-order valence-corrected chi connectivity index (χ4v) is 3.29. The Kier molecular flexibility index (Phi) is 4.04. The summed E-state index contributed by atoms with van der Waals surface area (Å²) in [6.07, 6.45) is 10.4. The van der Waals surface area contributed by atoms with Crippen LogP contribution in [0.1, 0.15) is 43.0 Å². The zero-order valence-corrected chi connectivity index (χ0v) is 14.4. The van der Waals surface area contributed by atoms with Crippen LogP contribution in [0.3, 0.4) is 0 Å². The van der Waals surface area contributed by atoms with Crippen LogP contribution < -0.4 is 9.80 Å². The first kappa shape index (κ1) is 15.3. The zero-order valence-electron chi connectivity index (χ0n) is 14.4. The minimum absolute atomic E-state index is 0.480. The molecule has 1 aliphatic carbocycles. The van der Waals surface area contributed by atoms with Crippen molar-refractivity contribution in [1.29, 1.82) is 0 Å². The molecule has 2 fully saturated rings. The van der Waals surface area contributed by atoms with Crippen molar-refractivity contribution >= 4 is 11.8 Å². The summed E-state index contributed by atoms with van der Waals surface area (Å²) in [6.45, 7) is 4.05. The van der Waals surface area contributed by atoms with Crippen molar-refractivity contribution < 1.29 is 0 Å². The maximum Gasteiger partial charge on any atom is 0.225 e. The van der Waals surface area contributed by atoms with E-state index in [1.165, 1.54) is 12.8 Å². The molecule has 1 saturated heterocycles. The lowest BCUT2D eigenvalue weighted by Gasteiger charge is -2.37. The van der Waals surface area contributed by atoms with Crippen molar-refractivity contribution in [1.82, 2.24) is 19.9 Å². The van der Waals surface area contributed by atoms with Crippen LogP contribution in [0.2, 0.25) is 0 Å². The van der Waals surface area contributed by atoms with Crippen LogP contribution in [0.4, 0.5) is 11.8 Å². The average Bonchev–Trinajstić information content (AvgIpc) is 3.47. The van der Waals surface area contributed by atoms with E-state index >= 15 is 0 Å². The van der Waals surface area contributed by atoms with Gasteiger partial charge in [-0.3, -0.25) is 0 Å². The van der Waals surface area contributed by atoms with Gasteiger partial charge in [-0.25, -0.2) is 19.9 Å². The SMILES string of the molecule is Cc1cnc(N(C)C2CCN(c3ccnc(C4CC4)n3)CC2)nc1. The van der Waals surface area contributed by atoms with E-state index in [4.69, 9.17) is 4.98 Å². The summed E-state index contributed by atoms with van der Waals surface area (Å²) in [5.74, 6) is 3.53. The molecule has 4 rings (SSSR count). The van der Waals surface area contributed by atoms with Crippen molar-refractivity contribution in [3.05, 3.63) is 36.0 Å². The van der Waals surface area contributed by atoms with Gasteiger partial charge in [0.05, 0.1) is 0 Å². The van der Waals surface area contributed by atoms with Gasteiger partial charge in [0.1, 0.15) is 11.6 Å². The molecule has 2 aromatic heterocycles. The van der Waals surface area contributed by atoms with Crippen LogP contribution in [-0.2, 0) is 0 Å². The van der Waals surface area contributed by atoms with Crippen LogP contribution in [0, 0.1) is 6.92 Å². The largest absolute Gasteiger partial charge is 0.356 e. The molecule has 3 heterocycles. The van der Waals surface area contributed by atoms with E-state index in [9.17, 15) is 0 Å². The van der Waals surface area contributed by atoms with Crippen LogP contribution in [0.5, 0.6) is 0 Å². The molecule has 2 aromatic rings. The molecule has 0 bridgehead atoms. The topological polar surface area (TPSA) is 58.0 Å². The highest BCUT2D eigenvalue weighted by atomic mass is 15.3. The number of hydrogen-bond donors (Lipinski definition) is 0. The number of aryl methyl sites for hydroxylation is 1. The van der Waals surface area contributed by atoms with Crippen molar-refractivity contribution in [2.45, 2.75) is 44.6 Å². The Morgan fingerprint density at radius 2 is 1.75 bits per heavy atom. The van der Waals surface area contributed by atoms with Crippen molar-refractivity contribution in [3.8, 4) is 0 Å². The third-order valence-corrected chi connectivity index (χ3v) is 5.02. The normalized spacial score (nSPS) is 18.7. The lowest BCUT2D eigenvalue weighted by Crippen LogP contribution is -2.44. The number of aromatic nitrogens is 4. The minimum atomic E-state index is 0.480. The predicted octanol–water partition coefficient (Wildman–Crippen LogP) is 2.56. The molecule has 0 N–H and O–H groups in total. The monoisotopic (exact) mass is 324 g/mol. The van der Waals surface area contributed by atoms with Crippen LogP contribution in [0.15, 0.2) is 24.7 Å². The molecule has 1 saturated carbocycles. The molecule has 0 aromatic carbocycles. The Labute approximate surface area is 143 Å². The van der Waals surface area contributed by atoms with E-state index in [2.05, 4.69) is 31.8 Å². The molecule has 24 heavy (non-hydrogen) atoms. The smallest absolute Gasteiger partial charge is 0.225 e. The third kappa shape index (κ3) is 3.18. The van der Waals surface area contributed by atoms with Gasteiger partial charge in [-0.2, -0.15) is 0 Å². The first-order valence-corrected chi connectivity index (χ1v) is 8.80. The van der Waals surface area contributed by atoms with E-state index in [1.807, 2.05) is 31.6 Å². The summed E-state index contributed by atoms with van der Waals surface area (Å²) in [7, 11) is 2.10. The molecule has 2 aliphatic rings. The zero-order chi connectivity index (χ0) is 16.5. The van der Waals surface area contributed by atoms with Gasteiger partial charge in [0.25, 0.3) is 0 Å². The van der Waals surface area contributed by atoms with Crippen LogP contribution in [0.25, 0.3) is 0 Å². The van der Waals surface area contributed by atoms with E-state index in [1.54, 1.807) is 0 Å². The van der Waals surface area contributed by atoms with E-state index < -0.39 is 0 Å². The second-order valence-electron chi connectivity index (χ2n) is 6.94. The molecule has 0 spiro atoms. The van der Waals surface area contributed by atoms with E-state index in [0.717, 1.165) is 49.1 Å². The molecule has 1 aliphatic heterocycles. The summed E-state index contributed by atoms with van der Waals surface area (Å²) < 4.78 is 0. The van der Waals surface area contributed by atoms with Crippen molar-refractivity contribution in [2.24, 2.45) is 0 Å². The third-order valence-electron chi connectivity index (χ3n) is 5.02. The minimum Gasteiger partial charge on any atom is -0.356 e. The van der Waals surface area contributed by atoms with Gasteiger partial charge in [0.2, 0.25) is 5.95 Å². The van der Waals surface area contributed by atoms with Crippen LogP contribution in [-0.4, -0.2) is 46.1 Å². The molecule has 0 radical (unpaired) electrons. The highest BCUT2D eigenvalue weighted by molar-refractivity contribution is 5.40. The van der Waals surface area contributed by atoms with Gasteiger partial charge in [-0.15, -0.1) is 0 Å². The van der Waals surface area contributed by atoms with Gasteiger partial charge in [-0.05, 0) is 44.2 Å². The Hall–Kier alpha value is -2.24. The molecule has 6 nitrogen and oxygen atoms in total. The second-order valence-corrected chi connectivity index (χ2v) is 6.94. The number of hydrogen-bond acceptors (Lipinski definition) is 6. The van der Waals surface area contributed by atoms with E-state index in [-0.39, 0.29) is 0 Å². The number of anilines is 2. The maximum atomic E-state index is 4.77. The molecule has 0 amide bonds. The first-order valence-electron chi connectivity index (χ1n) is 8.80. The van der Waals surface area contributed by atoms with Crippen molar-refractivity contribution in [2.75, 3.05) is 29.9 Å². The Balaban J connectivity index is 1.39. The first-order chi connectivity index (χ1) is 11.7. The summed E-state index contributed by atoms with van der Waals surface area (Å²) in [6, 6.07) is 2.52. The van der Waals surface area contributed by atoms with Gasteiger partial charge in [0, 0.05) is 50.7 Å². The number of nitrogens with zero attached hydrogens (tertiary/aromatic N) is 6. The summed E-state index contributed by atoms with van der Waals surface area (Å²) in [5.41, 5.74) is 1.09. The molecule has 0 atom stereocenters. The second kappa shape index (κ2) is 6.34. The van der Waals surface area contributed by atoms with Crippen molar-refractivity contribution in [3.63, 3.8) is 0 Å². The number of piperidine rings is 1. The van der Waals surface area contributed by atoms with Gasteiger partial charge in [0.15, 0.2) is 0 Å². The quantitative estimate of drug-likeness (QED) is 0.861. The molecular weight excluding hydrogens is 300 g/mol. The number of rotatable bonds is 4. The molecule has 6 heteroatoms. The van der Waals surface area contributed by atoms with Gasteiger partial charge >= 0.3 is 0 Å². The lowest BCUT2D eigenvalue weighted by atomic mass is 10.0. The summed E-state index contributed by atoms with van der Waals surface area (Å²) >= 11 is 0. The fraction of sp³-hybridized carbons (Fsp3) is 0.556. The van der Waals surface area contributed by atoms with Crippen LogP contribution >= 0.6 is 0 Å². The molecular formula is C18H24N6. The van der Waals surface area contributed by atoms with Gasteiger partial charge < -0.3 is 9.80 Å². The predicted molar refractivity (Wildman–Crippen MR) is 94.4 cm³/mol. The average molecular weight is 324 g/mol. The standard InChI is InChI=1S/C18H24N6/c1-13-11-20-18(21-12-13)23(2)15-6-9-24(10-7-15)16-5-8-19-17(22-16)14-3-4-14/h5,8,11-12,14-15H,3-4,6-7,9-10H2,1-2H3. The Morgan fingerprint density at radius 1 is 1.04 bits per heavy atom.